The van der Waals surface area contributed by atoms with Gasteiger partial charge in [-0.15, -0.1) is 12.4 Å². The molecule has 1 saturated carbocycles. The van der Waals surface area contributed by atoms with E-state index in [1.807, 2.05) is 0 Å². The van der Waals surface area contributed by atoms with E-state index < -0.39 is 0 Å². The van der Waals surface area contributed by atoms with Crippen LogP contribution in [0.1, 0.15) is 12.8 Å². The summed E-state index contributed by atoms with van der Waals surface area (Å²) in [6.07, 6.45) is 2.00. The Morgan fingerprint density at radius 1 is 1.17 bits per heavy atom. The van der Waals surface area contributed by atoms with Gasteiger partial charge in [0.25, 0.3) is 0 Å². The fourth-order valence-electron chi connectivity index (χ4n) is 1.90. The Balaban J connectivity index is 0.000000720. The summed E-state index contributed by atoms with van der Waals surface area (Å²) in [7, 11) is 0. The van der Waals surface area contributed by atoms with Gasteiger partial charge in [0.05, 0.1) is 6.10 Å². The van der Waals surface area contributed by atoms with E-state index in [0.29, 0.717) is 6.04 Å². The zero-order valence-electron chi connectivity index (χ0n) is 7.20. The van der Waals surface area contributed by atoms with Gasteiger partial charge in [-0.05, 0) is 12.8 Å². The molecular formula is C8H17ClN2O. The number of nitrogens with zero attached hydrogens (tertiary/aromatic N) is 1. The summed E-state index contributed by atoms with van der Waals surface area (Å²) in [5, 5.41) is 12.4. The van der Waals surface area contributed by atoms with Crippen LogP contribution in [0.3, 0.4) is 0 Å². The van der Waals surface area contributed by atoms with Gasteiger partial charge in [-0.25, -0.2) is 0 Å². The Bertz CT molecular complexity index is 133. The lowest BCUT2D eigenvalue weighted by molar-refractivity contribution is -0.00272. The van der Waals surface area contributed by atoms with Gasteiger partial charge in [-0.2, -0.15) is 0 Å². The minimum atomic E-state index is -0.00474. The van der Waals surface area contributed by atoms with Crippen LogP contribution >= 0.6 is 12.4 Å². The molecular weight excluding hydrogens is 176 g/mol. The van der Waals surface area contributed by atoms with E-state index >= 15 is 0 Å². The van der Waals surface area contributed by atoms with Crippen LogP contribution in [0.2, 0.25) is 0 Å². The smallest absolute Gasteiger partial charge is 0.0570 e. The van der Waals surface area contributed by atoms with Crippen molar-refractivity contribution < 1.29 is 5.11 Å². The molecule has 0 atom stereocenters. The molecule has 1 heterocycles. The minimum Gasteiger partial charge on any atom is -0.393 e. The zero-order chi connectivity index (χ0) is 7.68. The highest BCUT2D eigenvalue weighted by Crippen LogP contribution is 2.25. The minimum absolute atomic E-state index is 0. The van der Waals surface area contributed by atoms with E-state index in [9.17, 15) is 0 Å². The number of aliphatic hydroxyl groups is 1. The number of nitrogens with one attached hydrogen (secondary N) is 1. The topological polar surface area (TPSA) is 35.5 Å². The Morgan fingerprint density at radius 2 is 1.75 bits per heavy atom. The van der Waals surface area contributed by atoms with E-state index in [0.717, 1.165) is 39.0 Å². The van der Waals surface area contributed by atoms with E-state index in [-0.39, 0.29) is 18.5 Å². The maximum atomic E-state index is 9.11. The maximum Gasteiger partial charge on any atom is 0.0570 e. The zero-order valence-corrected chi connectivity index (χ0v) is 8.02. The van der Waals surface area contributed by atoms with Crippen LogP contribution < -0.4 is 5.32 Å². The molecule has 0 radical (unpaired) electrons. The van der Waals surface area contributed by atoms with Gasteiger partial charge in [0, 0.05) is 32.2 Å². The normalized spacial score (nSPS) is 36.8. The van der Waals surface area contributed by atoms with Crippen molar-refractivity contribution in [2.75, 3.05) is 26.2 Å². The lowest BCUT2D eigenvalue weighted by atomic mass is 9.88. The van der Waals surface area contributed by atoms with Crippen molar-refractivity contribution in [1.29, 1.82) is 0 Å². The maximum absolute atomic E-state index is 9.11. The predicted octanol–water partition coefficient (Wildman–Crippen LogP) is -0.163. The van der Waals surface area contributed by atoms with Crippen LogP contribution in [0.25, 0.3) is 0 Å². The van der Waals surface area contributed by atoms with Crippen molar-refractivity contribution in [1.82, 2.24) is 10.2 Å². The molecule has 1 saturated heterocycles. The first-order valence-corrected chi connectivity index (χ1v) is 4.49. The third-order valence-corrected chi connectivity index (χ3v) is 2.76. The molecule has 3 nitrogen and oxygen atoms in total. The Labute approximate surface area is 79.5 Å². The van der Waals surface area contributed by atoms with Crippen molar-refractivity contribution in [3.8, 4) is 0 Å². The number of rotatable bonds is 1. The summed E-state index contributed by atoms with van der Waals surface area (Å²) < 4.78 is 0. The Kier molecular flexibility index (Phi) is 3.77. The summed E-state index contributed by atoms with van der Waals surface area (Å²) in [4.78, 5) is 2.49. The molecule has 2 aliphatic rings. The van der Waals surface area contributed by atoms with E-state index in [1.165, 1.54) is 0 Å². The molecule has 0 amide bonds. The summed E-state index contributed by atoms with van der Waals surface area (Å²) in [5.41, 5.74) is 0. The van der Waals surface area contributed by atoms with Crippen molar-refractivity contribution >= 4 is 12.4 Å². The molecule has 72 valence electrons. The molecule has 1 aliphatic heterocycles. The fraction of sp³-hybridized carbons (Fsp3) is 1.00. The molecule has 12 heavy (non-hydrogen) atoms. The third kappa shape index (κ3) is 2.10. The van der Waals surface area contributed by atoms with Gasteiger partial charge in [0.2, 0.25) is 0 Å². The Morgan fingerprint density at radius 3 is 2.25 bits per heavy atom. The van der Waals surface area contributed by atoms with Crippen LogP contribution in [0.4, 0.5) is 0 Å². The van der Waals surface area contributed by atoms with Gasteiger partial charge < -0.3 is 10.4 Å². The van der Waals surface area contributed by atoms with Crippen LogP contribution in [0, 0.1) is 0 Å². The molecule has 0 aromatic heterocycles. The van der Waals surface area contributed by atoms with Crippen molar-refractivity contribution in [2.24, 2.45) is 0 Å². The molecule has 2 fully saturated rings. The highest BCUT2D eigenvalue weighted by molar-refractivity contribution is 5.85. The number of piperazine rings is 1. The standard InChI is InChI=1S/C8H16N2O.ClH/c11-8-5-7(6-8)10-3-1-9-2-4-10;/h7-9,11H,1-6H2;1H. The first-order chi connectivity index (χ1) is 5.36. The molecule has 0 unspecified atom stereocenters. The predicted molar refractivity (Wildman–Crippen MR) is 50.7 cm³/mol. The molecule has 4 heteroatoms. The Hall–Kier alpha value is 0.170. The number of hydrogen-bond donors (Lipinski definition) is 2. The highest BCUT2D eigenvalue weighted by atomic mass is 35.5. The molecule has 2 N–H and O–H groups in total. The third-order valence-electron chi connectivity index (χ3n) is 2.76. The summed E-state index contributed by atoms with van der Waals surface area (Å²) in [6, 6.07) is 0.687. The van der Waals surface area contributed by atoms with Crippen LogP contribution in [0.15, 0.2) is 0 Å². The summed E-state index contributed by atoms with van der Waals surface area (Å²) in [5.74, 6) is 0. The molecule has 0 aromatic rings. The monoisotopic (exact) mass is 192 g/mol. The number of aliphatic hydroxyl groups excluding tert-OH is 1. The first-order valence-electron chi connectivity index (χ1n) is 4.49. The summed E-state index contributed by atoms with van der Waals surface area (Å²) in [6.45, 7) is 4.56. The van der Waals surface area contributed by atoms with Gasteiger partial charge in [-0.1, -0.05) is 0 Å². The van der Waals surface area contributed by atoms with Gasteiger partial charge >= 0.3 is 0 Å². The average molecular weight is 193 g/mol. The highest BCUT2D eigenvalue weighted by Gasteiger charge is 2.32. The average Bonchev–Trinajstić information content (AvgIpc) is 2.01. The van der Waals surface area contributed by atoms with Crippen molar-refractivity contribution in [2.45, 2.75) is 25.0 Å². The van der Waals surface area contributed by atoms with Gasteiger partial charge in [0.15, 0.2) is 0 Å². The number of halogens is 1. The quantitative estimate of drug-likeness (QED) is 0.606. The van der Waals surface area contributed by atoms with Gasteiger partial charge in [-0.3, -0.25) is 4.90 Å². The lowest BCUT2D eigenvalue weighted by Gasteiger charge is -2.42. The molecule has 1 aliphatic carbocycles. The molecule has 0 spiro atoms. The van der Waals surface area contributed by atoms with Gasteiger partial charge in [0.1, 0.15) is 0 Å². The summed E-state index contributed by atoms with van der Waals surface area (Å²) >= 11 is 0. The molecule has 2 rings (SSSR count). The second-order valence-corrected chi connectivity index (χ2v) is 3.57. The molecule has 0 aromatic carbocycles. The van der Waals surface area contributed by atoms with E-state index in [1.54, 1.807) is 0 Å². The van der Waals surface area contributed by atoms with Crippen LogP contribution in [-0.2, 0) is 0 Å². The van der Waals surface area contributed by atoms with Crippen LogP contribution in [0.5, 0.6) is 0 Å². The van der Waals surface area contributed by atoms with E-state index in [4.69, 9.17) is 5.11 Å². The first kappa shape index (κ1) is 10.3. The fourth-order valence-corrected chi connectivity index (χ4v) is 1.90. The SMILES string of the molecule is Cl.OC1CC(N2CCNCC2)C1. The van der Waals surface area contributed by atoms with Crippen molar-refractivity contribution in [3.63, 3.8) is 0 Å². The van der Waals surface area contributed by atoms with Crippen molar-refractivity contribution in [3.05, 3.63) is 0 Å². The van der Waals surface area contributed by atoms with E-state index in [2.05, 4.69) is 10.2 Å². The number of hydrogen-bond acceptors (Lipinski definition) is 3. The second kappa shape index (κ2) is 4.42. The second-order valence-electron chi connectivity index (χ2n) is 3.57. The van der Waals surface area contributed by atoms with Crippen LogP contribution in [-0.4, -0.2) is 48.3 Å². The largest absolute Gasteiger partial charge is 0.393 e. The lowest BCUT2D eigenvalue weighted by Crippen LogP contribution is -2.54. The molecule has 0 bridgehead atoms.